The van der Waals surface area contributed by atoms with Gasteiger partial charge in [0.1, 0.15) is 0 Å². The molecule has 0 heterocycles. The predicted octanol–water partition coefficient (Wildman–Crippen LogP) is 7.51. The van der Waals surface area contributed by atoms with Gasteiger partial charge in [-0.1, -0.05) is 112 Å². The fourth-order valence-electron chi connectivity index (χ4n) is 2.62. The number of halogens is 1. The first-order valence-corrected chi connectivity index (χ1v) is 11.2. The van der Waals surface area contributed by atoms with Gasteiger partial charge in [0, 0.05) is 23.2 Å². The van der Waals surface area contributed by atoms with Crippen LogP contribution in [0, 0.1) is 13.8 Å². The van der Waals surface area contributed by atoms with E-state index in [0.29, 0.717) is 6.54 Å². The van der Waals surface area contributed by atoms with Crippen molar-refractivity contribution in [2.75, 3.05) is 5.32 Å². The van der Waals surface area contributed by atoms with E-state index >= 15 is 0 Å². The highest BCUT2D eigenvalue weighted by molar-refractivity contribution is 9.10. The van der Waals surface area contributed by atoms with E-state index in [1.165, 1.54) is 27.9 Å². The molecular formula is C28H31BrN2. The average Bonchev–Trinajstić information content (AvgIpc) is 2.83. The Morgan fingerprint density at radius 3 is 1.48 bits per heavy atom. The Labute approximate surface area is 195 Å². The van der Waals surface area contributed by atoms with Gasteiger partial charge in [0.2, 0.25) is 0 Å². The maximum absolute atomic E-state index is 5.35. The van der Waals surface area contributed by atoms with Crippen LogP contribution in [0.5, 0.6) is 0 Å². The quantitative estimate of drug-likeness (QED) is 0.321. The van der Waals surface area contributed by atoms with E-state index in [2.05, 4.69) is 95.8 Å². The predicted molar refractivity (Wildman–Crippen MR) is 138 cm³/mol. The van der Waals surface area contributed by atoms with Gasteiger partial charge in [-0.15, -0.1) is 0 Å². The number of aryl methyl sites for hydroxylation is 2. The molecule has 0 saturated carbocycles. The minimum absolute atomic E-state index is 0.640. The van der Waals surface area contributed by atoms with Crippen molar-refractivity contribution in [3.8, 4) is 0 Å². The first-order valence-electron chi connectivity index (χ1n) is 10.4. The summed E-state index contributed by atoms with van der Waals surface area (Å²) < 4.78 is 1.14. The second kappa shape index (κ2) is 14.2. The van der Waals surface area contributed by atoms with E-state index in [9.17, 15) is 0 Å². The van der Waals surface area contributed by atoms with Crippen LogP contribution in [-0.2, 0) is 13.1 Å². The van der Waals surface area contributed by atoms with Gasteiger partial charge >= 0.3 is 0 Å². The van der Waals surface area contributed by atoms with E-state index in [4.69, 9.17) is 5.73 Å². The zero-order chi connectivity index (χ0) is 22.3. The minimum Gasteiger partial charge on any atom is -0.381 e. The number of rotatable bonds is 4. The van der Waals surface area contributed by atoms with Crippen molar-refractivity contribution in [2.24, 2.45) is 5.73 Å². The summed E-state index contributed by atoms with van der Waals surface area (Å²) in [5.41, 5.74) is 11.6. The molecule has 0 bridgehead atoms. The number of hydrogen-bond acceptors (Lipinski definition) is 2. The fraction of sp³-hybridized carbons (Fsp3) is 0.143. The fourth-order valence-corrected chi connectivity index (χ4v) is 2.88. The second-order valence-corrected chi connectivity index (χ2v) is 8.11. The molecule has 31 heavy (non-hydrogen) atoms. The number of benzene rings is 4. The summed E-state index contributed by atoms with van der Waals surface area (Å²) in [5, 5.41) is 3.39. The van der Waals surface area contributed by atoms with Crippen LogP contribution >= 0.6 is 15.9 Å². The summed E-state index contributed by atoms with van der Waals surface area (Å²) in [5.74, 6) is 0. The third-order valence-electron chi connectivity index (χ3n) is 4.48. The topological polar surface area (TPSA) is 38.0 Å². The van der Waals surface area contributed by atoms with Crippen LogP contribution < -0.4 is 11.1 Å². The van der Waals surface area contributed by atoms with Crippen molar-refractivity contribution >= 4 is 21.6 Å². The summed E-state index contributed by atoms with van der Waals surface area (Å²) in [6.07, 6.45) is 0. The molecule has 3 heteroatoms. The highest BCUT2D eigenvalue weighted by Crippen LogP contribution is 2.10. The number of nitrogens with two attached hydrogens (primary N) is 1. The standard InChI is InChI=1S/C14H15N.C7H7Br.C7H9N/c1-12-7-9-14(10-8-12)15-11-13-5-3-2-4-6-13;1-6-2-4-7(8)5-3-6;8-6-7-4-2-1-3-5-7/h2-10,15H,11H2,1H3;2-5H,1H3;1-5H,6,8H2. The summed E-state index contributed by atoms with van der Waals surface area (Å²) in [6, 6.07) is 37.1. The Morgan fingerprint density at radius 1 is 0.613 bits per heavy atom. The number of nitrogens with one attached hydrogen (secondary N) is 1. The Kier molecular flexibility index (Phi) is 11.2. The number of anilines is 1. The molecule has 0 saturated heterocycles. The van der Waals surface area contributed by atoms with Crippen LogP contribution in [0.15, 0.2) is 114 Å². The van der Waals surface area contributed by atoms with Crippen molar-refractivity contribution in [3.63, 3.8) is 0 Å². The van der Waals surface area contributed by atoms with Crippen LogP contribution in [0.25, 0.3) is 0 Å². The summed E-state index contributed by atoms with van der Waals surface area (Å²) in [7, 11) is 0. The summed E-state index contributed by atoms with van der Waals surface area (Å²) in [6.45, 7) is 5.69. The third kappa shape index (κ3) is 10.6. The molecule has 3 N–H and O–H groups in total. The molecule has 0 spiro atoms. The van der Waals surface area contributed by atoms with Crippen LogP contribution in [0.3, 0.4) is 0 Å². The van der Waals surface area contributed by atoms with Gasteiger partial charge in [0.25, 0.3) is 0 Å². The smallest absolute Gasteiger partial charge is 0.0400 e. The molecule has 4 aromatic rings. The summed E-state index contributed by atoms with van der Waals surface area (Å²) in [4.78, 5) is 0. The van der Waals surface area contributed by atoms with Crippen LogP contribution in [0.4, 0.5) is 5.69 Å². The van der Waals surface area contributed by atoms with Gasteiger partial charge in [0.15, 0.2) is 0 Å². The van der Waals surface area contributed by atoms with Crippen molar-refractivity contribution in [3.05, 3.63) is 136 Å². The highest BCUT2D eigenvalue weighted by atomic mass is 79.9. The molecule has 0 amide bonds. The molecule has 4 rings (SSSR count). The second-order valence-electron chi connectivity index (χ2n) is 7.19. The van der Waals surface area contributed by atoms with E-state index in [-0.39, 0.29) is 0 Å². The van der Waals surface area contributed by atoms with Crippen molar-refractivity contribution in [1.29, 1.82) is 0 Å². The average molecular weight is 475 g/mol. The van der Waals surface area contributed by atoms with E-state index in [0.717, 1.165) is 11.0 Å². The molecule has 0 fully saturated rings. The lowest BCUT2D eigenvalue weighted by molar-refractivity contribution is 1.07. The minimum atomic E-state index is 0.640. The Balaban J connectivity index is 0.000000181. The molecule has 0 unspecified atom stereocenters. The zero-order valence-electron chi connectivity index (χ0n) is 18.3. The Morgan fingerprint density at radius 2 is 1.06 bits per heavy atom. The summed E-state index contributed by atoms with van der Waals surface area (Å²) >= 11 is 3.35. The van der Waals surface area contributed by atoms with E-state index < -0.39 is 0 Å². The Hall–Kier alpha value is -2.88. The normalized spacial score (nSPS) is 9.55. The van der Waals surface area contributed by atoms with Crippen molar-refractivity contribution in [1.82, 2.24) is 0 Å². The van der Waals surface area contributed by atoms with Crippen molar-refractivity contribution < 1.29 is 0 Å². The van der Waals surface area contributed by atoms with Gasteiger partial charge < -0.3 is 11.1 Å². The van der Waals surface area contributed by atoms with Gasteiger partial charge in [-0.25, -0.2) is 0 Å². The first kappa shape index (κ1) is 24.4. The molecule has 0 radical (unpaired) electrons. The highest BCUT2D eigenvalue weighted by Gasteiger charge is 1.92. The van der Waals surface area contributed by atoms with Gasteiger partial charge in [-0.2, -0.15) is 0 Å². The maximum atomic E-state index is 5.35. The molecule has 0 aliphatic carbocycles. The molecule has 4 aromatic carbocycles. The van der Waals surface area contributed by atoms with Gasteiger partial charge in [0.05, 0.1) is 0 Å². The largest absolute Gasteiger partial charge is 0.381 e. The lowest BCUT2D eigenvalue weighted by Gasteiger charge is -2.06. The van der Waals surface area contributed by atoms with Gasteiger partial charge in [-0.05, 0) is 49.2 Å². The molecule has 0 aliphatic rings. The molecule has 160 valence electrons. The molecule has 0 aliphatic heterocycles. The lowest BCUT2D eigenvalue weighted by atomic mass is 10.2. The molecule has 0 aromatic heterocycles. The molecular weight excluding hydrogens is 444 g/mol. The van der Waals surface area contributed by atoms with Crippen LogP contribution in [-0.4, -0.2) is 0 Å². The molecule has 0 atom stereocenters. The first-order chi connectivity index (χ1) is 15.1. The zero-order valence-corrected chi connectivity index (χ0v) is 19.8. The third-order valence-corrected chi connectivity index (χ3v) is 5.01. The van der Waals surface area contributed by atoms with E-state index in [1.54, 1.807) is 0 Å². The maximum Gasteiger partial charge on any atom is 0.0400 e. The molecule has 2 nitrogen and oxygen atoms in total. The monoisotopic (exact) mass is 474 g/mol. The Bertz CT molecular complexity index is 946. The number of hydrogen-bond donors (Lipinski definition) is 2. The lowest BCUT2D eigenvalue weighted by Crippen LogP contribution is -1.98. The van der Waals surface area contributed by atoms with Crippen LogP contribution in [0.2, 0.25) is 0 Å². The van der Waals surface area contributed by atoms with E-state index in [1.807, 2.05) is 48.5 Å². The SMILES string of the molecule is Cc1ccc(Br)cc1.Cc1ccc(NCc2ccccc2)cc1.NCc1ccccc1. The van der Waals surface area contributed by atoms with Crippen molar-refractivity contribution in [2.45, 2.75) is 26.9 Å². The van der Waals surface area contributed by atoms with Crippen LogP contribution in [0.1, 0.15) is 22.3 Å². The van der Waals surface area contributed by atoms with Gasteiger partial charge in [-0.3, -0.25) is 0 Å².